The van der Waals surface area contributed by atoms with Crippen LogP contribution in [0.1, 0.15) is 82.9 Å². The van der Waals surface area contributed by atoms with Gasteiger partial charge in [-0.1, -0.05) is 57.7 Å². The van der Waals surface area contributed by atoms with Gasteiger partial charge in [0.2, 0.25) is 0 Å². The van der Waals surface area contributed by atoms with Gasteiger partial charge in [-0.2, -0.15) is 0 Å². The van der Waals surface area contributed by atoms with Gasteiger partial charge in [0.1, 0.15) is 0 Å². The molecule has 1 heteroatoms. The van der Waals surface area contributed by atoms with Gasteiger partial charge in [0.05, 0.1) is 0 Å². The lowest BCUT2D eigenvalue weighted by Gasteiger charge is -2.13. The zero-order valence-corrected chi connectivity index (χ0v) is 16.2. The van der Waals surface area contributed by atoms with Crippen molar-refractivity contribution in [1.29, 1.82) is 0 Å². The van der Waals surface area contributed by atoms with Crippen LogP contribution in [0.3, 0.4) is 0 Å². The molecular formula is C23H35N. The van der Waals surface area contributed by atoms with Crippen LogP contribution in [0.4, 0.5) is 0 Å². The van der Waals surface area contributed by atoms with Crippen molar-refractivity contribution in [2.45, 2.75) is 79.1 Å². The van der Waals surface area contributed by atoms with E-state index >= 15 is 0 Å². The van der Waals surface area contributed by atoms with E-state index in [0.29, 0.717) is 0 Å². The van der Waals surface area contributed by atoms with Crippen LogP contribution in [0, 0.1) is 5.92 Å². The molecule has 0 atom stereocenters. The quantitative estimate of drug-likeness (QED) is 0.475. The van der Waals surface area contributed by atoms with Gasteiger partial charge in [-0.25, -0.2) is 0 Å². The Balaban J connectivity index is 2.08. The van der Waals surface area contributed by atoms with Gasteiger partial charge in [-0.3, -0.25) is 4.99 Å². The predicted octanol–water partition coefficient (Wildman–Crippen LogP) is 6.65. The Morgan fingerprint density at radius 3 is 2.58 bits per heavy atom. The number of hydrogen-bond acceptors (Lipinski definition) is 1. The molecular weight excluding hydrogens is 290 g/mol. The lowest BCUT2D eigenvalue weighted by atomic mass is 9.92. The third-order valence-corrected chi connectivity index (χ3v) is 5.30. The van der Waals surface area contributed by atoms with Crippen LogP contribution in [0.25, 0.3) is 5.57 Å². The summed E-state index contributed by atoms with van der Waals surface area (Å²) >= 11 is 0. The highest BCUT2D eigenvalue weighted by Crippen LogP contribution is 2.29. The van der Waals surface area contributed by atoms with Crippen molar-refractivity contribution in [3.05, 3.63) is 41.0 Å². The van der Waals surface area contributed by atoms with Crippen molar-refractivity contribution in [2.24, 2.45) is 10.9 Å². The van der Waals surface area contributed by atoms with Crippen LogP contribution in [-0.4, -0.2) is 12.3 Å². The van der Waals surface area contributed by atoms with Crippen molar-refractivity contribution in [3.8, 4) is 0 Å². The molecule has 1 aliphatic rings. The average Bonchev–Trinajstić information content (AvgIpc) is 3.11. The number of hydrogen-bond donors (Lipinski definition) is 0. The van der Waals surface area contributed by atoms with Crippen molar-refractivity contribution in [2.75, 3.05) is 6.54 Å². The minimum atomic E-state index is 0.927. The fourth-order valence-electron chi connectivity index (χ4n) is 3.87. The first-order chi connectivity index (χ1) is 11.6. The standard InChI is InChI=1S/C23H35N/c1-5-15-24-19(4)16-18(3)23-14-13-21(17-22(23)6-2)12-11-20-9-7-8-10-20/h13-14,16-17,20H,5-12,15H2,1-4H3/b18-16+,24-19?. The van der Waals surface area contributed by atoms with E-state index in [1.165, 1.54) is 60.8 Å². The molecule has 0 saturated heterocycles. The molecule has 1 saturated carbocycles. The minimum Gasteiger partial charge on any atom is -0.290 e. The molecule has 1 aliphatic carbocycles. The van der Waals surface area contributed by atoms with Crippen LogP contribution < -0.4 is 0 Å². The monoisotopic (exact) mass is 325 g/mol. The Morgan fingerprint density at radius 2 is 1.92 bits per heavy atom. The Bertz CT molecular complexity index is 574. The molecule has 1 fully saturated rings. The maximum atomic E-state index is 4.59. The summed E-state index contributed by atoms with van der Waals surface area (Å²) < 4.78 is 0. The molecule has 0 bridgehead atoms. The summed E-state index contributed by atoms with van der Waals surface area (Å²) in [7, 11) is 0. The summed E-state index contributed by atoms with van der Waals surface area (Å²) in [5.74, 6) is 0.980. The molecule has 0 aliphatic heterocycles. The molecule has 0 N–H and O–H groups in total. The third-order valence-electron chi connectivity index (χ3n) is 5.30. The van der Waals surface area contributed by atoms with Gasteiger partial charge >= 0.3 is 0 Å². The van der Waals surface area contributed by atoms with E-state index in [-0.39, 0.29) is 0 Å². The smallest absolute Gasteiger partial charge is 0.0389 e. The maximum absolute atomic E-state index is 4.59. The number of benzene rings is 1. The van der Waals surface area contributed by atoms with E-state index in [9.17, 15) is 0 Å². The number of rotatable bonds is 8. The van der Waals surface area contributed by atoms with Gasteiger partial charge in [0, 0.05) is 12.3 Å². The Labute approximate surface area is 149 Å². The summed E-state index contributed by atoms with van der Waals surface area (Å²) in [5, 5.41) is 0. The molecule has 0 spiro atoms. The second kappa shape index (κ2) is 9.81. The van der Waals surface area contributed by atoms with Gasteiger partial charge in [-0.05, 0) is 73.8 Å². The number of nitrogens with zero attached hydrogens (tertiary/aromatic N) is 1. The predicted molar refractivity (Wildman–Crippen MR) is 108 cm³/mol. The average molecular weight is 326 g/mol. The van der Waals surface area contributed by atoms with Crippen LogP contribution in [0.2, 0.25) is 0 Å². The van der Waals surface area contributed by atoms with E-state index in [4.69, 9.17) is 0 Å². The molecule has 1 nitrogen and oxygen atoms in total. The van der Waals surface area contributed by atoms with Gasteiger partial charge < -0.3 is 0 Å². The van der Waals surface area contributed by atoms with E-state index in [0.717, 1.165) is 31.0 Å². The summed E-state index contributed by atoms with van der Waals surface area (Å²) in [5.41, 5.74) is 6.88. The van der Waals surface area contributed by atoms with Gasteiger partial charge in [0.25, 0.3) is 0 Å². The number of aliphatic imine (C=N–C) groups is 1. The van der Waals surface area contributed by atoms with E-state index < -0.39 is 0 Å². The van der Waals surface area contributed by atoms with Crippen molar-refractivity contribution < 1.29 is 0 Å². The maximum Gasteiger partial charge on any atom is 0.0389 e. The molecule has 0 unspecified atom stereocenters. The normalized spacial score (nSPS) is 16.8. The Hall–Kier alpha value is -1.37. The molecule has 1 aromatic carbocycles. The highest BCUT2D eigenvalue weighted by Gasteiger charge is 2.15. The first-order valence-corrected chi connectivity index (χ1v) is 9.95. The molecule has 24 heavy (non-hydrogen) atoms. The van der Waals surface area contributed by atoms with Crippen molar-refractivity contribution >= 4 is 11.3 Å². The summed E-state index contributed by atoms with van der Waals surface area (Å²) in [4.78, 5) is 4.59. The van der Waals surface area contributed by atoms with Crippen molar-refractivity contribution in [1.82, 2.24) is 0 Å². The highest BCUT2D eigenvalue weighted by molar-refractivity contribution is 5.99. The Morgan fingerprint density at radius 1 is 1.17 bits per heavy atom. The van der Waals surface area contributed by atoms with E-state index in [2.05, 4.69) is 57.0 Å². The van der Waals surface area contributed by atoms with Crippen LogP contribution in [0.5, 0.6) is 0 Å². The van der Waals surface area contributed by atoms with Crippen molar-refractivity contribution in [3.63, 3.8) is 0 Å². The first-order valence-electron chi connectivity index (χ1n) is 9.95. The van der Waals surface area contributed by atoms with Crippen LogP contribution in [0.15, 0.2) is 29.3 Å². The van der Waals surface area contributed by atoms with E-state index in [1.54, 1.807) is 0 Å². The molecule has 1 aromatic rings. The fourth-order valence-corrected chi connectivity index (χ4v) is 3.87. The third kappa shape index (κ3) is 5.61. The number of allylic oxidation sites excluding steroid dienone is 2. The number of aryl methyl sites for hydroxylation is 2. The lowest BCUT2D eigenvalue weighted by molar-refractivity contribution is 0.504. The summed E-state index contributed by atoms with van der Waals surface area (Å²) in [6.07, 6.45) is 12.9. The summed E-state index contributed by atoms with van der Waals surface area (Å²) in [6, 6.07) is 7.13. The lowest BCUT2D eigenvalue weighted by Crippen LogP contribution is -1.99. The molecule has 0 amide bonds. The second-order valence-corrected chi connectivity index (χ2v) is 7.38. The molecule has 0 aromatic heterocycles. The molecule has 0 heterocycles. The molecule has 132 valence electrons. The minimum absolute atomic E-state index is 0.927. The van der Waals surface area contributed by atoms with Crippen LogP contribution >= 0.6 is 0 Å². The topological polar surface area (TPSA) is 12.4 Å². The zero-order valence-electron chi connectivity index (χ0n) is 16.2. The van der Waals surface area contributed by atoms with Gasteiger partial charge in [-0.15, -0.1) is 0 Å². The SMILES string of the molecule is CCCN=C(C)/C=C(\C)c1ccc(CCC2CCCC2)cc1CC. The fraction of sp³-hybridized carbons (Fsp3) is 0.609. The van der Waals surface area contributed by atoms with Gasteiger partial charge in [0.15, 0.2) is 0 Å². The summed E-state index contributed by atoms with van der Waals surface area (Å²) in [6.45, 7) is 9.70. The first kappa shape index (κ1) is 19.0. The zero-order chi connectivity index (χ0) is 17.4. The Kier molecular flexibility index (Phi) is 7.75. The van der Waals surface area contributed by atoms with E-state index in [1.807, 2.05) is 0 Å². The van der Waals surface area contributed by atoms with Crippen LogP contribution in [-0.2, 0) is 12.8 Å². The molecule has 0 radical (unpaired) electrons. The highest BCUT2D eigenvalue weighted by atomic mass is 14.7. The largest absolute Gasteiger partial charge is 0.290 e. The molecule has 2 rings (SSSR count). The second-order valence-electron chi connectivity index (χ2n) is 7.38.